The first-order valence-corrected chi connectivity index (χ1v) is 9.62. The molecule has 2 aromatic rings. The fourth-order valence-corrected chi connectivity index (χ4v) is 2.94. The summed E-state index contributed by atoms with van der Waals surface area (Å²) in [6.45, 7) is 10.1. The lowest BCUT2D eigenvalue weighted by Gasteiger charge is -2.34. The Kier molecular flexibility index (Phi) is 7.53. The minimum Gasteiger partial charge on any atom is -0.500 e. The maximum atomic E-state index is 12.3. The fourth-order valence-electron chi connectivity index (χ4n) is 2.84. The first-order valence-electron chi connectivity index (χ1n) is 9.24. The van der Waals surface area contributed by atoms with Crippen LogP contribution in [-0.2, 0) is 9.53 Å². The number of H-pyrrole nitrogens is 1. The van der Waals surface area contributed by atoms with Crippen molar-refractivity contribution in [3.8, 4) is 5.75 Å². The third-order valence-corrected chi connectivity index (χ3v) is 4.57. The van der Waals surface area contributed by atoms with E-state index >= 15 is 0 Å². The van der Waals surface area contributed by atoms with Gasteiger partial charge in [-0.3, -0.25) is 14.7 Å². The molecule has 0 atom stereocenters. The summed E-state index contributed by atoms with van der Waals surface area (Å²) >= 11 is 5.80. The molecule has 0 saturated carbocycles. The summed E-state index contributed by atoms with van der Waals surface area (Å²) in [6, 6.07) is 0. The Hall–Kier alpha value is -3.23. The molecule has 158 valence electrons. The molecule has 1 aliphatic heterocycles. The van der Waals surface area contributed by atoms with Gasteiger partial charge in [-0.15, -0.1) is 0 Å². The molecule has 1 N–H and O–H groups in total. The van der Waals surface area contributed by atoms with Gasteiger partial charge in [0.2, 0.25) is 11.9 Å². The highest BCUT2D eigenvalue weighted by molar-refractivity contribution is 6.30. The molecule has 1 amide bonds. The molecule has 0 spiro atoms. The average Bonchev–Trinajstić information content (AvgIpc) is 2.76. The zero-order chi connectivity index (χ0) is 21.3. The molecule has 1 aliphatic rings. The van der Waals surface area contributed by atoms with Gasteiger partial charge >= 0.3 is 0 Å². The van der Waals surface area contributed by atoms with E-state index in [1.54, 1.807) is 17.3 Å². The van der Waals surface area contributed by atoms with Crippen molar-refractivity contribution < 1.29 is 14.3 Å². The molecule has 1 fully saturated rings. The molecule has 11 nitrogen and oxygen atoms in total. The van der Waals surface area contributed by atoms with Crippen LogP contribution in [-0.4, -0.2) is 77.0 Å². The van der Waals surface area contributed by atoms with E-state index in [0.29, 0.717) is 37.1 Å². The molecule has 0 radical (unpaired) electrons. The fraction of sp³-hybridized carbons (Fsp3) is 0.444. The van der Waals surface area contributed by atoms with Crippen molar-refractivity contribution in [2.24, 2.45) is 0 Å². The van der Waals surface area contributed by atoms with Gasteiger partial charge in [-0.05, 0) is 0 Å². The first-order chi connectivity index (χ1) is 14.6. The van der Waals surface area contributed by atoms with Crippen LogP contribution < -0.4 is 15.2 Å². The number of aromatic nitrogens is 4. The number of nitrogens with one attached hydrogen (secondary N) is 1. The van der Waals surface area contributed by atoms with Gasteiger partial charge in [-0.1, -0.05) is 11.6 Å². The van der Waals surface area contributed by atoms with Crippen molar-refractivity contribution >= 4 is 29.1 Å². The molecule has 0 unspecified atom stereocenters. The van der Waals surface area contributed by atoms with Crippen LogP contribution in [0.3, 0.4) is 0 Å². The normalized spacial score (nSPS) is 13.7. The lowest BCUT2D eigenvalue weighted by molar-refractivity contribution is -0.132. The molecule has 3 rings (SSSR count). The maximum Gasteiger partial charge on any atom is 0.294 e. The largest absolute Gasteiger partial charge is 0.500 e. The van der Waals surface area contributed by atoms with Gasteiger partial charge in [0, 0.05) is 26.2 Å². The molecule has 0 bridgehead atoms. The van der Waals surface area contributed by atoms with Gasteiger partial charge in [-0.25, -0.2) is 14.8 Å². The molecular formula is C18H20ClN7O4. The lowest BCUT2D eigenvalue weighted by Crippen LogP contribution is -2.49. The number of amides is 1. The number of hydrogen-bond acceptors (Lipinski definition) is 8. The smallest absolute Gasteiger partial charge is 0.294 e. The van der Waals surface area contributed by atoms with Crippen LogP contribution in [0.25, 0.3) is 4.85 Å². The zero-order valence-electron chi connectivity index (χ0n) is 16.1. The highest BCUT2D eigenvalue weighted by Gasteiger charge is 2.22. The van der Waals surface area contributed by atoms with Crippen LogP contribution in [0.1, 0.15) is 6.42 Å². The summed E-state index contributed by atoms with van der Waals surface area (Å²) in [4.78, 5) is 39.1. The number of aromatic amines is 1. The van der Waals surface area contributed by atoms with E-state index in [1.807, 2.05) is 4.90 Å². The number of hydrogen-bond donors (Lipinski definition) is 1. The Morgan fingerprint density at radius 1 is 1.17 bits per heavy atom. The molecule has 0 aromatic carbocycles. The second kappa shape index (κ2) is 10.5. The SMILES string of the molecule is [C-]#[N+]c1c(OCCOCCC(=O)N2CCN(c3ncc(Cl)cn3)CC2)cn[nH]c1=O. The number of carbonyl (C=O) groups is 1. The van der Waals surface area contributed by atoms with Crippen LogP contribution >= 0.6 is 11.6 Å². The van der Waals surface area contributed by atoms with Crippen LogP contribution in [0.2, 0.25) is 5.02 Å². The minimum atomic E-state index is -0.600. The molecule has 30 heavy (non-hydrogen) atoms. The van der Waals surface area contributed by atoms with Gasteiger partial charge in [-0.2, -0.15) is 5.10 Å². The van der Waals surface area contributed by atoms with Gasteiger partial charge in [0.15, 0.2) is 5.75 Å². The molecule has 0 aliphatic carbocycles. The van der Waals surface area contributed by atoms with Crippen LogP contribution in [0.5, 0.6) is 5.75 Å². The van der Waals surface area contributed by atoms with E-state index in [1.165, 1.54) is 6.20 Å². The van der Waals surface area contributed by atoms with Gasteiger partial charge < -0.3 is 19.3 Å². The Morgan fingerprint density at radius 3 is 2.60 bits per heavy atom. The predicted molar refractivity (Wildman–Crippen MR) is 108 cm³/mol. The number of nitrogens with zero attached hydrogens (tertiary/aromatic N) is 6. The van der Waals surface area contributed by atoms with E-state index in [0.717, 1.165) is 0 Å². The highest BCUT2D eigenvalue weighted by atomic mass is 35.5. The maximum absolute atomic E-state index is 12.3. The predicted octanol–water partition coefficient (Wildman–Crippen LogP) is 0.898. The summed E-state index contributed by atoms with van der Waals surface area (Å²) in [6.07, 6.45) is 4.64. The molecule has 3 heterocycles. The summed E-state index contributed by atoms with van der Waals surface area (Å²) in [5, 5.41) is 6.25. The van der Waals surface area contributed by atoms with Crippen molar-refractivity contribution in [1.29, 1.82) is 0 Å². The Balaban J connectivity index is 1.32. The van der Waals surface area contributed by atoms with Gasteiger partial charge in [0.1, 0.15) is 6.61 Å². The van der Waals surface area contributed by atoms with Crippen molar-refractivity contribution in [3.05, 3.63) is 45.4 Å². The van der Waals surface area contributed by atoms with E-state index in [9.17, 15) is 9.59 Å². The minimum absolute atomic E-state index is 0.0154. The van der Waals surface area contributed by atoms with E-state index in [-0.39, 0.29) is 43.6 Å². The standard InChI is InChI=1S/C18H20ClN7O4/c1-20-16-14(12-23-24-17(16)28)30-9-8-29-7-2-15(27)25-3-5-26(6-4-25)18-21-10-13(19)11-22-18/h10-12H,2-9H2,(H,24,28). The molecule has 12 heteroatoms. The quantitative estimate of drug-likeness (QED) is 0.482. The molecular weight excluding hydrogens is 414 g/mol. The van der Waals surface area contributed by atoms with Gasteiger partial charge in [0.05, 0.1) is 49.8 Å². The topological polar surface area (TPSA) is 118 Å². The number of halogens is 1. The number of ether oxygens (including phenoxy) is 2. The Morgan fingerprint density at radius 2 is 1.90 bits per heavy atom. The van der Waals surface area contributed by atoms with E-state index < -0.39 is 5.56 Å². The third kappa shape index (κ3) is 5.65. The zero-order valence-corrected chi connectivity index (χ0v) is 16.8. The number of piperazine rings is 1. The monoisotopic (exact) mass is 433 g/mol. The Labute approximate surface area is 177 Å². The van der Waals surface area contributed by atoms with Crippen molar-refractivity contribution in [3.63, 3.8) is 0 Å². The molecule has 2 aromatic heterocycles. The van der Waals surface area contributed by atoms with Crippen molar-refractivity contribution in [2.45, 2.75) is 6.42 Å². The summed E-state index contributed by atoms with van der Waals surface area (Å²) in [7, 11) is 0. The molecule has 1 saturated heterocycles. The van der Waals surface area contributed by atoms with E-state index in [2.05, 4.69) is 25.0 Å². The summed E-state index contributed by atoms with van der Waals surface area (Å²) in [5.74, 6) is 0.726. The number of anilines is 1. The first kappa shape index (κ1) is 21.5. The summed E-state index contributed by atoms with van der Waals surface area (Å²) in [5.41, 5.74) is -0.750. The van der Waals surface area contributed by atoms with Crippen LogP contribution in [0.4, 0.5) is 11.6 Å². The second-order valence-electron chi connectivity index (χ2n) is 6.30. The van der Waals surface area contributed by atoms with Crippen molar-refractivity contribution in [1.82, 2.24) is 25.1 Å². The van der Waals surface area contributed by atoms with Crippen LogP contribution in [0.15, 0.2) is 23.4 Å². The third-order valence-electron chi connectivity index (χ3n) is 4.38. The van der Waals surface area contributed by atoms with E-state index in [4.69, 9.17) is 27.6 Å². The average molecular weight is 434 g/mol. The Bertz CT molecular complexity index is 952. The van der Waals surface area contributed by atoms with Gasteiger partial charge in [0.25, 0.3) is 11.2 Å². The lowest BCUT2D eigenvalue weighted by atomic mass is 10.3. The van der Waals surface area contributed by atoms with Crippen molar-refractivity contribution in [2.75, 3.05) is 50.9 Å². The number of carbonyl (C=O) groups excluding carboxylic acids is 1. The number of rotatable bonds is 8. The summed E-state index contributed by atoms with van der Waals surface area (Å²) < 4.78 is 10.8. The second-order valence-corrected chi connectivity index (χ2v) is 6.74. The van der Waals surface area contributed by atoms with Crippen LogP contribution in [0, 0.1) is 6.57 Å². The highest BCUT2D eigenvalue weighted by Crippen LogP contribution is 2.20.